The van der Waals surface area contributed by atoms with Crippen LogP contribution in [-0.4, -0.2) is 25.6 Å². The molecule has 1 aliphatic rings. The lowest BCUT2D eigenvalue weighted by molar-refractivity contribution is 0.204. The molecule has 1 fully saturated rings. The fourth-order valence-corrected chi connectivity index (χ4v) is 4.16. The zero-order valence-corrected chi connectivity index (χ0v) is 14.1. The van der Waals surface area contributed by atoms with Crippen LogP contribution < -0.4 is 0 Å². The van der Waals surface area contributed by atoms with Crippen LogP contribution >= 0.6 is 11.8 Å². The van der Waals surface area contributed by atoms with Crippen LogP contribution in [0.4, 0.5) is 4.39 Å². The van der Waals surface area contributed by atoms with E-state index in [1.807, 2.05) is 6.92 Å². The van der Waals surface area contributed by atoms with Gasteiger partial charge in [-0.2, -0.15) is 0 Å². The number of aryl methyl sites for hydroxylation is 1. The van der Waals surface area contributed by atoms with Crippen molar-refractivity contribution < 1.29 is 9.50 Å². The van der Waals surface area contributed by atoms with E-state index in [0.717, 1.165) is 16.5 Å². The molecule has 1 aromatic heterocycles. The van der Waals surface area contributed by atoms with Crippen molar-refractivity contribution in [1.82, 2.24) is 14.8 Å². The Morgan fingerprint density at radius 1 is 1.22 bits per heavy atom. The van der Waals surface area contributed by atoms with E-state index >= 15 is 0 Å². The summed E-state index contributed by atoms with van der Waals surface area (Å²) in [6, 6.07) is 6.47. The van der Waals surface area contributed by atoms with Crippen molar-refractivity contribution in [3.05, 3.63) is 41.5 Å². The fraction of sp³-hybridized carbons (Fsp3) is 0.529. The van der Waals surface area contributed by atoms with E-state index < -0.39 is 6.10 Å². The van der Waals surface area contributed by atoms with Gasteiger partial charge in [0.2, 0.25) is 0 Å². The number of hydrogen-bond acceptors (Lipinski definition) is 4. The summed E-state index contributed by atoms with van der Waals surface area (Å²) in [4.78, 5) is 0. The molecule has 0 radical (unpaired) electrons. The molecule has 0 amide bonds. The first-order valence-electron chi connectivity index (χ1n) is 8.13. The number of rotatable bonds is 5. The maximum atomic E-state index is 13.0. The number of hydrogen-bond donors (Lipinski definition) is 1. The lowest BCUT2D eigenvalue weighted by Crippen LogP contribution is -2.15. The van der Waals surface area contributed by atoms with Gasteiger partial charge in [0.05, 0.1) is 6.10 Å². The van der Waals surface area contributed by atoms with Gasteiger partial charge in [-0.05, 0) is 37.5 Å². The largest absolute Gasteiger partial charge is 0.388 e. The molecule has 0 aliphatic heterocycles. The summed E-state index contributed by atoms with van der Waals surface area (Å²) in [5, 5.41) is 19.6. The molecule has 4 nitrogen and oxygen atoms in total. The predicted molar refractivity (Wildman–Crippen MR) is 89.0 cm³/mol. The highest BCUT2D eigenvalue weighted by molar-refractivity contribution is 7.99. The Morgan fingerprint density at radius 2 is 1.91 bits per heavy atom. The van der Waals surface area contributed by atoms with Crippen LogP contribution in [0.25, 0.3) is 0 Å². The number of benzene rings is 1. The number of thioether (sulfide) groups is 1. The maximum absolute atomic E-state index is 13.0. The highest BCUT2D eigenvalue weighted by Crippen LogP contribution is 2.33. The van der Waals surface area contributed by atoms with Gasteiger partial charge in [-0.25, -0.2) is 4.39 Å². The fourth-order valence-electron chi connectivity index (χ4n) is 3.14. The number of aliphatic hydroxyl groups excluding tert-OH is 1. The second-order valence-electron chi connectivity index (χ2n) is 6.07. The summed E-state index contributed by atoms with van der Waals surface area (Å²) in [6.45, 7) is 1.99. The molecule has 0 unspecified atom stereocenters. The summed E-state index contributed by atoms with van der Waals surface area (Å²) in [5.74, 6) is 1.13. The summed E-state index contributed by atoms with van der Waals surface area (Å²) < 4.78 is 15.2. The van der Waals surface area contributed by atoms with Crippen molar-refractivity contribution in [3.63, 3.8) is 0 Å². The first kappa shape index (κ1) is 16.5. The molecule has 1 atom stereocenters. The van der Waals surface area contributed by atoms with E-state index in [4.69, 9.17) is 0 Å². The topological polar surface area (TPSA) is 50.9 Å². The number of halogens is 1. The average molecular weight is 335 g/mol. The first-order chi connectivity index (χ1) is 11.1. The van der Waals surface area contributed by atoms with Gasteiger partial charge in [-0.1, -0.05) is 43.2 Å². The van der Waals surface area contributed by atoms with Crippen molar-refractivity contribution in [3.8, 4) is 0 Å². The lowest BCUT2D eigenvalue weighted by Gasteiger charge is -2.25. The molecule has 1 heterocycles. The van der Waals surface area contributed by atoms with E-state index in [0.29, 0.717) is 11.8 Å². The second-order valence-corrected chi connectivity index (χ2v) is 7.06. The van der Waals surface area contributed by atoms with Crippen molar-refractivity contribution in [2.45, 2.75) is 56.3 Å². The van der Waals surface area contributed by atoms with Crippen LogP contribution in [0.3, 0.4) is 0 Å². The Hall–Kier alpha value is -1.40. The SMILES string of the molecule is Cc1nnc(SC[C@H](O)c2ccc(F)cc2)n1C1CCCCC1. The van der Waals surface area contributed by atoms with Crippen LogP contribution in [0.5, 0.6) is 0 Å². The molecule has 23 heavy (non-hydrogen) atoms. The van der Waals surface area contributed by atoms with Gasteiger partial charge in [0.1, 0.15) is 11.6 Å². The number of nitrogens with zero attached hydrogens (tertiary/aromatic N) is 3. The quantitative estimate of drug-likeness (QED) is 0.837. The Morgan fingerprint density at radius 3 is 2.61 bits per heavy atom. The second kappa shape index (κ2) is 7.45. The minimum atomic E-state index is -0.641. The van der Waals surface area contributed by atoms with Crippen molar-refractivity contribution >= 4 is 11.8 Å². The van der Waals surface area contributed by atoms with E-state index in [1.54, 1.807) is 12.1 Å². The third kappa shape index (κ3) is 3.93. The van der Waals surface area contributed by atoms with Crippen LogP contribution in [0.2, 0.25) is 0 Å². The molecule has 124 valence electrons. The standard InChI is InChI=1S/C17H22FN3OS/c1-12-19-20-17(21(12)15-5-3-2-4-6-15)23-11-16(22)13-7-9-14(18)10-8-13/h7-10,15-16,22H,2-6,11H2,1H3/t16-/m0/s1. The molecular formula is C17H22FN3OS. The average Bonchev–Trinajstić information content (AvgIpc) is 2.95. The molecule has 1 aromatic carbocycles. The summed E-state index contributed by atoms with van der Waals surface area (Å²) >= 11 is 1.51. The summed E-state index contributed by atoms with van der Waals surface area (Å²) in [6.07, 6.45) is 5.52. The first-order valence-corrected chi connectivity index (χ1v) is 9.11. The molecule has 3 rings (SSSR count). The molecule has 6 heteroatoms. The van der Waals surface area contributed by atoms with Gasteiger partial charge in [0, 0.05) is 11.8 Å². The molecule has 1 N–H and O–H groups in total. The molecule has 0 spiro atoms. The van der Waals surface area contributed by atoms with Crippen molar-refractivity contribution in [1.29, 1.82) is 0 Å². The molecule has 0 saturated heterocycles. The molecule has 0 bridgehead atoms. The van der Waals surface area contributed by atoms with E-state index in [9.17, 15) is 9.50 Å². The lowest BCUT2D eigenvalue weighted by atomic mass is 9.95. The Balaban J connectivity index is 1.67. The van der Waals surface area contributed by atoms with Crippen LogP contribution in [0.15, 0.2) is 29.4 Å². The van der Waals surface area contributed by atoms with Gasteiger partial charge in [-0.15, -0.1) is 10.2 Å². The highest BCUT2D eigenvalue weighted by Gasteiger charge is 2.22. The predicted octanol–water partition coefficient (Wildman–Crippen LogP) is 4.06. The smallest absolute Gasteiger partial charge is 0.191 e. The van der Waals surface area contributed by atoms with Crippen LogP contribution in [0, 0.1) is 12.7 Å². The zero-order chi connectivity index (χ0) is 16.2. The third-order valence-electron chi connectivity index (χ3n) is 4.40. The minimum Gasteiger partial charge on any atom is -0.388 e. The van der Waals surface area contributed by atoms with Gasteiger partial charge in [-0.3, -0.25) is 0 Å². The van der Waals surface area contributed by atoms with E-state index in [2.05, 4.69) is 14.8 Å². The maximum Gasteiger partial charge on any atom is 0.191 e. The van der Waals surface area contributed by atoms with Crippen molar-refractivity contribution in [2.24, 2.45) is 0 Å². The normalized spacial score (nSPS) is 17.3. The molecule has 2 aromatic rings. The van der Waals surface area contributed by atoms with E-state index in [1.165, 1.54) is 56.0 Å². The molecule has 1 aliphatic carbocycles. The Bertz CT molecular complexity index is 638. The van der Waals surface area contributed by atoms with Gasteiger partial charge in [0.25, 0.3) is 0 Å². The Labute approximate surface area is 140 Å². The zero-order valence-electron chi connectivity index (χ0n) is 13.3. The highest BCUT2D eigenvalue weighted by atomic mass is 32.2. The van der Waals surface area contributed by atoms with Gasteiger partial charge >= 0.3 is 0 Å². The van der Waals surface area contributed by atoms with Gasteiger partial charge in [0.15, 0.2) is 5.16 Å². The van der Waals surface area contributed by atoms with Gasteiger partial charge < -0.3 is 9.67 Å². The van der Waals surface area contributed by atoms with Crippen LogP contribution in [0.1, 0.15) is 55.6 Å². The molecule has 1 saturated carbocycles. The van der Waals surface area contributed by atoms with E-state index in [-0.39, 0.29) is 5.82 Å². The monoisotopic (exact) mass is 335 g/mol. The molecular weight excluding hydrogens is 313 g/mol. The number of aliphatic hydroxyl groups is 1. The Kier molecular flexibility index (Phi) is 5.33. The van der Waals surface area contributed by atoms with Crippen LogP contribution in [-0.2, 0) is 0 Å². The summed E-state index contributed by atoms with van der Waals surface area (Å²) in [7, 11) is 0. The number of aromatic nitrogens is 3. The third-order valence-corrected chi connectivity index (χ3v) is 5.42. The summed E-state index contributed by atoms with van der Waals surface area (Å²) in [5.41, 5.74) is 0.722. The van der Waals surface area contributed by atoms with Crippen molar-refractivity contribution in [2.75, 3.05) is 5.75 Å². The minimum absolute atomic E-state index is 0.290.